The lowest BCUT2D eigenvalue weighted by atomic mass is 9.92. The van der Waals surface area contributed by atoms with Gasteiger partial charge in [0.25, 0.3) is 0 Å². The van der Waals surface area contributed by atoms with Gasteiger partial charge >= 0.3 is 6.03 Å². The highest BCUT2D eigenvalue weighted by Crippen LogP contribution is 2.21. The summed E-state index contributed by atoms with van der Waals surface area (Å²) >= 11 is 0. The fourth-order valence-corrected chi connectivity index (χ4v) is 2.81. The van der Waals surface area contributed by atoms with Gasteiger partial charge in [-0.05, 0) is 36.0 Å². The van der Waals surface area contributed by atoms with Crippen LogP contribution in [0.4, 0.5) is 10.5 Å². The molecule has 1 aromatic carbocycles. The van der Waals surface area contributed by atoms with Gasteiger partial charge in [-0.1, -0.05) is 26.0 Å². The van der Waals surface area contributed by atoms with Gasteiger partial charge in [0.2, 0.25) is 0 Å². The topological polar surface area (TPSA) is 58.4 Å². The van der Waals surface area contributed by atoms with Crippen molar-refractivity contribution >= 4 is 11.7 Å². The van der Waals surface area contributed by atoms with E-state index in [0.717, 1.165) is 24.3 Å². The number of amides is 2. The predicted octanol–water partition coefficient (Wildman–Crippen LogP) is 2.66. The van der Waals surface area contributed by atoms with Crippen LogP contribution in [0.2, 0.25) is 0 Å². The summed E-state index contributed by atoms with van der Waals surface area (Å²) in [6, 6.07) is 7.69. The third-order valence-electron chi connectivity index (χ3n) is 3.57. The van der Waals surface area contributed by atoms with E-state index in [1.807, 2.05) is 29.2 Å². The molecule has 1 aliphatic rings. The van der Waals surface area contributed by atoms with Gasteiger partial charge in [0, 0.05) is 25.3 Å². The molecule has 1 heterocycles. The van der Waals surface area contributed by atoms with Gasteiger partial charge in [0.1, 0.15) is 0 Å². The number of carbonyl (C=O) groups excluding carboxylic acids is 1. The van der Waals surface area contributed by atoms with E-state index < -0.39 is 0 Å². The number of benzene rings is 1. The van der Waals surface area contributed by atoms with E-state index in [1.54, 1.807) is 0 Å². The van der Waals surface area contributed by atoms with Crippen molar-refractivity contribution in [3.05, 3.63) is 29.8 Å². The Balaban J connectivity index is 2.00. The Bertz CT molecular complexity index is 437. The van der Waals surface area contributed by atoms with Crippen LogP contribution < -0.4 is 11.1 Å². The van der Waals surface area contributed by atoms with Gasteiger partial charge in [-0.25, -0.2) is 4.79 Å². The first kappa shape index (κ1) is 13.9. The van der Waals surface area contributed by atoms with Crippen molar-refractivity contribution in [2.45, 2.75) is 26.8 Å². The molecule has 2 atom stereocenters. The number of carbonyl (C=O) groups is 1. The highest BCUT2D eigenvalue weighted by atomic mass is 16.2. The fraction of sp³-hybridized carbons (Fsp3) is 0.533. The van der Waals surface area contributed by atoms with Crippen molar-refractivity contribution in [2.24, 2.45) is 17.6 Å². The zero-order valence-corrected chi connectivity index (χ0v) is 11.7. The van der Waals surface area contributed by atoms with Crippen molar-refractivity contribution < 1.29 is 4.79 Å². The minimum Gasteiger partial charge on any atom is -0.326 e. The summed E-state index contributed by atoms with van der Waals surface area (Å²) in [5.41, 5.74) is 7.45. The van der Waals surface area contributed by atoms with Crippen molar-refractivity contribution in [3.63, 3.8) is 0 Å². The lowest BCUT2D eigenvalue weighted by Gasteiger charge is -2.34. The third-order valence-corrected chi connectivity index (χ3v) is 3.57. The van der Waals surface area contributed by atoms with Crippen molar-refractivity contribution in [1.29, 1.82) is 0 Å². The van der Waals surface area contributed by atoms with Crippen LogP contribution in [0.25, 0.3) is 0 Å². The molecule has 0 radical (unpaired) electrons. The number of piperidine rings is 1. The minimum absolute atomic E-state index is 0.00688. The van der Waals surface area contributed by atoms with E-state index >= 15 is 0 Å². The molecule has 1 aliphatic heterocycles. The van der Waals surface area contributed by atoms with Crippen molar-refractivity contribution in [1.82, 2.24) is 4.90 Å². The molecule has 0 saturated carbocycles. The maximum absolute atomic E-state index is 12.2. The monoisotopic (exact) mass is 261 g/mol. The number of hydrogen-bond acceptors (Lipinski definition) is 2. The van der Waals surface area contributed by atoms with Gasteiger partial charge in [0.05, 0.1) is 0 Å². The summed E-state index contributed by atoms with van der Waals surface area (Å²) in [5, 5.41) is 2.96. The van der Waals surface area contributed by atoms with Crippen molar-refractivity contribution in [3.8, 4) is 0 Å². The minimum atomic E-state index is -0.00688. The van der Waals surface area contributed by atoms with E-state index in [4.69, 9.17) is 5.73 Å². The van der Waals surface area contributed by atoms with Crippen LogP contribution in [-0.4, -0.2) is 24.0 Å². The maximum atomic E-state index is 12.2. The number of nitrogens with one attached hydrogen (secondary N) is 1. The van der Waals surface area contributed by atoms with Gasteiger partial charge in [-0.15, -0.1) is 0 Å². The molecule has 0 bridgehead atoms. The third kappa shape index (κ3) is 3.70. The summed E-state index contributed by atoms with van der Waals surface area (Å²) < 4.78 is 0. The van der Waals surface area contributed by atoms with E-state index in [9.17, 15) is 4.79 Å². The Labute approximate surface area is 115 Å². The lowest BCUT2D eigenvalue weighted by molar-refractivity contribution is 0.156. The van der Waals surface area contributed by atoms with Crippen LogP contribution in [0.5, 0.6) is 0 Å². The largest absolute Gasteiger partial charge is 0.326 e. The molecule has 104 valence electrons. The molecular formula is C15H23N3O. The van der Waals surface area contributed by atoms with Crippen LogP contribution in [0.3, 0.4) is 0 Å². The van der Waals surface area contributed by atoms with Crippen LogP contribution >= 0.6 is 0 Å². The van der Waals surface area contributed by atoms with E-state index in [1.165, 1.54) is 6.42 Å². The highest BCUT2D eigenvalue weighted by molar-refractivity contribution is 5.89. The molecule has 0 aliphatic carbocycles. The Morgan fingerprint density at radius 3 is 2.68 bits per heavy atom. The fourth-order valence-electron chi connectivity index (χ4n) is 2.81. The summed E-state index contributed by atoms with van der Waals surface area (Å²) in [6.07, 6.45) is 1.20. The average molecular weight is 261 g/mol. The Kier molecular flexibility index (Phi) is 4.43. The van der Waals surface area contributed by atoms with Gasteiger partial charge in [0.15, 0.2) is 0 Å². The second-order valence-electron chi connectivity index (χ2n) is 5.69. The molecule has 1 aromatic rings. The number of hydrogen-bond donors (Lipinski definition) is 2. The smallest absolute Gasteiger partial charge is 0.321 e. The van der Waals surface area contributed by atoms with E-state index in [0.29, 0.717) is 18.4 Å². The number of rotatable bonds is 2. The first-order valence-electron chi connectivity index (χ1n) is 6.93. The lowest BCUT2D eigenvalue weighted by Crippen LogP contribution is -2.44. The molecule has 0 aromatic heterocycles. The molecule has 0 spiro atoms. The molecule has 2 amide bonds. The molecule has 1 saturated heterocycles. The number of likely N-dealkylation sites (tertiary alicyclic amines) is 1. The zero-order chi connectivity index (χ0) is 13.8. The van der Waals surface area contributed by atoms with E-state index in [-0.39, 0.29) is 6.03 Å². The van der Waals surface area contributed by atoms with Crippen LogP contribution in [0.15, 0.2) is 24.3 Å². The van der Waals surface area contributed by atoms with Gasteiger partial charge < -0.3 is 16.0 Å². The van der Waals surface area contributed by atoms with Crippen LogP contribution in [0.1, 0.15) is 25.8 Å². The number of nitrogens with two attached hydrogens (primary N) is 1. The summed E-state index contributed by atoms with van der Waals surface area (Å²) in [6.45, 7) is 6.57. The van der Waals surface area contributed by atoms with E-state index in [2.05, 4.69) is 19.2 Å². The van der Waals surface area contributed by atoms with Gasteiger partial charge in [-0.2, -0.15) is 0 Å². The summed E-state index contributed by atoms with van der Waals surface area (Å²) in [5.74, 6) is 1.15. The van der Waals surface area contributed by atoms with Gasteiger partial charge in [-0.3, -0.25) is 0 Å². The van der Waals surface area contributed by atoms with Crippen LogP contribution in [-0.2, 0) is 6.54 Å². The molecule has 2 rings (SSSR count). The first-order valence-corrected chi connectivity index (χ1v) is 6.93. The molecule has 1 fully saturated rings. The molecule has 3 N–H and O–H groups in total. The second kappa shape index (κ2) is 6.06. The quantitative estimate of drug-likeness (QED) is 0.860. The molecule has 2 unspecified atom stereocenters. The predicted molar refractivity (Wildman–Crippen MR) is 77.9 cm³/mol. The first-order chi connectivity index (χ1) is 9.08. The molecule has 4 heteroatoms. The number of urea groups is 1. The average Bonchev–Trinajstić information content (AvgIpc) is 2.37. The SMILES string of the molecule is CC1CC(C)CN(C(=O)Nc2cccc(CN)c2)C1. The second-order valence-corrected chi connectivity index (χ2v) is 5.69. The highest BCUT2D eigenvalue weighted by Gasteiger charge is 2.25. The summed E-state index contributed by atoms with van der Waals surface area (Å²) in [4.78, 5) is 14.2. The zero-order valence-electron chi connectivity index (χ0n) is 11.7. The Morgan fingerprint density at radius 2 is 2.05 bits per heavy atom. The molecule has 4 nitrogen and oxygen atoms in total. The number of nitrogens with zero attached hydrogens (tertiary/aromatic N) is 1. The normalized spacial score (nSPS) is 23.2. The number of anilines is 1. The van der Waals surface area contributed by atoms with Crippen LogP contribution in [0, 0.1) is 11.8 Å². The Hall–Kier alpha value is -1.55. The molecular weight excluding hydrogens is 238 g/mol. The molecule has 19 heavy (non-hydrogen) atoms. The maximum Gasteiger partial charge on any atom is 0.321 e. The summed E-state index contributed by atoms with van der Waals surface area (Å²) in [7, 11) is 0. The van der Waals surface area contributed by atoms with Crippen molar-refractivity contribution in [2.75, 3.05) is 18.4 Å². The Morgan fingerprint density at radius 1 is 1.37 bits per heavy atom. The standard InChI is InChI=1S/C15H23N3O/c1-11-6-12(2)10-18(9-11)15(19)17-14-5-3-4-13(7-14)8-16/h3-5,7,11-12H,6,8-10,16H2,1-2H3,(H,17,19).